The average molecular weight is 303 g/mol. The molecular formula is C11H15BrN2OS. The quantitative estimate of drug-likeness (QED) is 0.892. The van der Waals surface area contributed by atoms with Gasteiger partial charge in [-0.3, -0.25) is 4.79 Å². The predicted molar refractivity (Wildman–Crippen MR) is 69.8 cm³/mol. The summed E-state index contributed by atoms with van der Waals surface area (Å²) in [4.78, 5) is 13.0. The van der Waals surface area contributed by atoms with Crippen LogP contribution in [0, 0.1) is 0 Å². The van der Waals surface area contributed by atoms with Crippen LogP contribution < -0.4 is 10.6 Å². The minimum absolute atomic E-state index is 0.0371. The molecule has 1 amide bonds. The third-order valence-electron chi connectivity index (χ3n) is 2.68. The fourth-order valence-corrected chi connectivity index (χ4v) is 3.31. The highest BCUT2D eigenvalue weighted by Gasteiger charge is 2.21. The number of hydrogen-bond acceptors (Lipinski definition) is 3. The fourth-order valence-electron chi connectivity index (χ4n) is 1.83. The van der Waals surface area contributed by atoms with Crippen LogP contribution >= 0.6 is 27.3 Å². The number of nitrogens with one attached hydrogen (secondary N) is 2. The predicted octanol–water partition coefficient (Wildman–Crippen LogP) is 1.92. The maximum atomic E-state index is 11.7. The topological polar surface area (TPSA) is 41.1 Å². The molecule has 1 aromatic heterocycles. The van der Waals surface area contributed by atoms with E-state index in [0.717, 1.165) is 36.1 Å². The number of rotatable bonds is 4. The molecule has 1 atom stereocenters. The summed E-state index contributed by atoms with van der Waals surface area (Å²) in [5, 5.41) is 6.16. The van der Waals surface area contributed by atoms with Crippen molar-refractivity contribution in [2.24, 2.45) is 0 Å². The summed E-state index contributed by atoms with van der Waals surface area (Å²) in [6.45, 7) is 1.69. The Kier molecular flexibility index (Phi) is 4.37. The van der Waals surface area contributed by atoms with Crippen molar-refractivity contribution in [1.29, 1.82) is 0 Å². The first-order valence-electron chi connectivity index (χ1n) is 5.51. The molecule has 1 aliphatic rings. The molecule has 3 nitrogen and oxygen atoms in total. The molecule has 0 unspecified atom stereocenters. The molecule has 1 aromatic rings. The molecule has 2 N–H and O–H groups in total. The van der Waals surface area contributed by atoms with E-state index in [2.05, 4.69) is 32.6 Å². The molecule has 1 aliphatic heterocycles. The van der Waals surface area contributed by atoms with Crippen LogP contribution in [-0.4, -0.2) is 25.0 Å². The van der Waals surface area contributed by atoms with Gasteiger partial charge in [0.15, 0.2) is 0 Å². The summed E-state index contributed by atoms with van der Waals surface area (Å²) >= 11 is 5.15. The van der Waals surface area contributed by atoms with E-state index in [9.17, 15) is 4.79 Å². The van der Waals surface area contributed by atoms with Crippen LogP contribution in [0.15, 0.2) is 15.9 Å². The highest BCUT2D eigenvalue weighted by atomic mass is 79.9. The third-order valence-corrected chi connectivity index (χ3v) is 4.36. The van der Waals surface area contributed by atoms with Gasteiger partial charge in [0.05, 0.1) is 9.83 Å². The first kappa shape index (κ1) is 12.1. The molecule has 0 aromatic carbocycles. The van der Waals surface area contributed by atoms with E-state index in [4.69, 9.17) is 0 Å². The second kappa shape index (κ2) is 5.80. The zero-order valence-electron chi connectivity index (χ0n) is 8.96. The lowest BCUT2D eigenvalue weighted by atomic mass is 10.2. The van der Waals surface area contributed by atoms with Gasteiger partial charge in [0.25, 0.3) is 0 Å². The first-order valence-corrected chi connectivity index (χ1v) is 7.12. The van der Waals surface area contributed by atoms with E-state index >= 15 is 0 Å². The Morgan fingerprint density at radius 3 is 3.12 bits per heavy atom. The van der Waals surface area contributed by atoms with Crippen LogP contribution in [0.4, 0.5) is 0 Å². The molecule has 16 heavy (non-hydrogen) atoms. The Labute approximate surface area is 108 Å². The molecule has 2 rings (SSSR count). The van der Waals surface area contributed by atoms with E-state index in [1.807, 2.05) is 6.07 Å². The molecule has 1 saturated heterocycles. The van der Waals surface area contributed by atoms with E-state index in [1.54, 1.807) is 11.3 Å². The van der Waals surface area contributed by atoms with Gasteiger partial charge in [-0.1, -0.05) is 0 Å². The van der Waals surface area contributed by atoms with Crippen molar-refractivity contribution in [3.8, 4) is 0 Å². The van der Waals surface area contributed by atoms with Crippen molar-refractivity contribution < 1.29 is 4.79 Å². The fraction of sp³-hybridized carbons (Fsp3) is 0.545. The van der Waals surface area contributed by atoms with Crippen molar-refractivity contribution in [2.45, 2.75) is 25.3 Å². The van der Waals surface area contributed by atoms with Gasteiger partial charge in [-0.15, -0.1) is 11.3 Å². The lowest BCUT2D eigenvalue weighted by molar-refractivity contribution is -0.122. The molecule has 0 saturated carbocycles. The van der Waals surface area contributed by atoms with Gasteiger partial charge in [-0.05, 0) is 53.9 Å². The van der Waals surface area contributed by atoms with Gasteiger partial charge in [0.2, 0.25) is 5.91 Å². The molecule has 2 heterocycles. The van der Waals surface area contributed by atoms with Crippen LogP contribution in [0.1, 0.15) is 17.7 Å². The van der Waals surface area contributed by atoms with Crippen LogP contribution in [0.2, 0.25) is 0 Å². The minimum Gasteiger partial charge on any atom is -0.354 e. The SMILES string of the molecule is O=C(NCCc1ccc(Br)s1)[C@H]1CCCN1. The normalized spacial score (nSPS) is 19.9. The number of carbonyl (C=O) groups excluding carboxylic acids is 1. The lowest BCUT2D eigenvalue weighted by Crippen LogP contribution is -2.41. The zero-order chi connectivity index (χ0) is 11.4. The Balaban J connectivity index is 1.69. The van der Waals surface area contributed by atoms with Gasteiger partial charge in [-0.25, -0.2) is 0 Å². The second-order valence-corrected chi connectivity index (χ2v) is 6.44. The number of amides is 1. The molecule has 88 valence electrons. The van der Waals surface area contributed by atoms with Gasteiger partial charge in [-0.2, -0.15) is 0 Å². The number of halogens is 1. The van der Waals surface area contributed by atoms with Crippen molar-refractivity contribution in [3.05, 3.63) is 20.8 Å². The van der Waals surface area contributed by atoms with E-state index in [0.29, 0.717) is 0 Å². The molecule has 0 radical (unpaired) electrons. The summed E-state index contributed by atoms with van der Waals surface area (Å²) in [5.41, 5.74) is 0. The summed E-state index contributed by atoms with van der Waals surface area (Å²) in [6.07, 6.45) is 2.99. The Bertz CT molecular complexity index is 361. The number of thiophene rings is 1. The maximum absolute atomic E-state index is 11.7. The molecule has 0 aliphatic carbocycles. The molecular weight excluding hydrogens is 288 g/mol. The highest BCUT2D eigenvalue weighted by molar-refractivity contribution is 9.11. The minimum atomic E-state index is 0.0371. The lowest BCUT2D eigenvalue weighted by Gasteiger charge is -2.10. The molecule has 0 spiro atoms. The van der Waals surface area contributed by atoms with E-state index < -0.39 is 0 Å². The summed E-state index contributed by atoms with van der Waals surface area (Å²) < 4.78 is 1.14. The Morgan fingerprint density at radius 1 is 1.62 bits per heavy atom. The largest absolute Gasteiger partial charge is 0.354 e. The van der Waals surface area contributed by atoms with Crippen LogP contribution in [0.25, 0.3) is 0 Å². The average Bonchev–Trinajstić information content (AvgIpc) is 2.89. The second-order valence-electron chi connectivity index (χ2n) is 3.90. The molecule has 0 bridgehead atoms. The summed E-state index contributed by atoms with van der Waals surface area (Å²) in [5.74, 6) is 0.146. The van der Waals surface area contributed by atoms with Crippen molar-refractivity contribution >= 4 is 33.2 Å². The Hall–Kier alpha value is -0.390. The van der Waals surface area contributed by atoms with Crippen molar-refractivity contribution in [1.82, 2.24) is 10.6 Å². The number of carbonyl (C=O) groups is 1. The van der Waals surface area contributed by atoms with Crippen molar-refractivity contribution in [3.63, 3.8) is 0 Å². The van der Waals surface area contributed by atoms with Gasteiger partial charge >= 0.3 is 0 Å². The van der Waals surface area contributed by atoms with Gasteiger partial charge in [0.1, 0.15) is 0 Å². The highest BCUT2D eigenvalue weighted by Crippen LogP contribution is 2.22. The summed E-state index contributed by atoms with van der Waals surface area (Å²) in [7, 11) is 0. The first-order chi connectivity index (χ1) is 7.75. The van der Waals surface area contributed by atoms with Crippen LogP contribution in [0.5, 0.6) is 0 Å². The maximum Gasteiger partial charge on any atom is 0.237 e. The van der Waals surface area contributed by atoms with Gasteiger partial charge in [0, 0.05) is 11.4 Å². The Morgan fingerprint density at radius 2 is 2.50 bits per heavy atom. The van der Waals surface area contributed by atoms with E-state index in [-0.39, 0.29) is 11.9 Å². The van der Waals surface area contributed by atoms with Crippen molar-refractivity contribution in [2.75, 3.05) is 13.1 Å². The third kappa shape index (κ3) is 3.30. The summed E-state index contributed by atoms with van der Waals surface area (Å²) in [6, 6.07) is 4.17. The van der Waals surface area contributed by atoms with Crippen LogP contribution in [-0.2, 0) is 11.2 Å². The van der Waals surface area contributed by atoms with Gasteiger partial charge < -0.3 is 10.6 Å². The monoisotopic (exact) mass is 302 g/mol. The zero-order valence-corrected chi connectivity index (χ0v) is 11.4. The van der Waals surface area contributed by atoms with Crippen LogP contribution in [0.3, 0.4) is 0 Å². The molecule has 5 heteroatoms. The number of hydrogen-bond donors (Lipinski definition) is 2. The molecule has 1 fully saturated rings. The van der Waals surface area contributed by atoms with E-state index in [1.165, 1.54) is 4.88 Å². The smallest absolute Gasteiger partial charge is 0.237 e. The standard InChI is InChI=1S/C11H15BrN2OS/c12-10-4-3-8(16-10)5-7-14-11(15)9-2-1-6-13-9/h3-4,9,13H,1-2,5-7H2,(H,14,15)/t9-/m1/s1.